The van der Waals surface area contributed by atoms with Gasteiger partial charge in [-0.2, -0.15) is 0 Å². The molecule has 2 saturated heterocycles. The molecule has 1 N–H and O–H groups in total. The Labute approximate surface area is 166 Å². The van der Waals surface area contributed by atoms with E-state index in [4.69, 9.17) is 9.47 Å². The van der Waals surface area contributed by atoms with Gasteiger partial charge in [0.2, 0.25) is 5.91 Å². The maximum Gasteiger partial charge on any atom is 0.253 e. The predicted octanol–water partition coefficient (Wildman–Crippen LogP) is 1.69. The van der Waals surface area contributed by atoms with Crippen LogP contribution in [0, 0.1) is 0 Å². The van der Waals surface area contributed by atoms with Gasteiger partial charge in [-0.3, -0.25) is 9.59 Å². The summed E-state index contributed by atoms with van der Waals surface area (Å²) in [6.45, 7) is 2.94. The molecule has 1 aromatic carbocycles. The Hall–Kier alpha value is -2.12. The number of carbonyl (C=O) groups is 2. The quantitative estimate of drug-likeness (QED) is 0.800. The number of likely N-dealkylation sites (tertiary alicyclic amines) is 2. The Morgan fingerprint density at radius 2 is 1.79 bits per heavy atom. The topological polar surface area (TPSA) is 79.3 Å². The number of aliphatic hydroxyl groups excluding tert-OH is 1. The molecule has 28 heavy (non-hydrogen) atoms. The number of rotatable bonds is 6. The maximum absolute atomic E-state index is 12.5. The highest BCUT2D eigenvalue weighted by Crippen LogP contribution is 2.21. The van der Waals surface area contributed by atoms with E-state index in [1.807, 2.05) is 17.0 Å². The van der Waals surface area contributed by atoms with E-state index in [0.717, 1.165) is 31.4 Å². The zero-order chi connectivity index (χ0) is 19.9. The molecule has 0 aliphatic carbocycles. The molecule has 154 valence electrons. The van der Waals surface area contributed by atoms with Gasteiger partial charge in [-0.1, -0.05) is 0 Å². The number of benzene rings is 1. The van der Waals surface area contributed by atoms with Crippen molar-refractivity contribution in [1.29, 1.82) is 0 Å². The number of hydrogen-bond donors (Lipinski definition) is 1. The molecule has 2 heterocycles. The summed E-state index contributed by atoms with van der Waals surface area (Å²) in [6, 6.07) is 7.21. The fourth-order valence-electron chi connectivity index (χ4n) is 3.76. The van der Waals surface area contributed by atoms with Gasteiger partial charge >= 0.3 is 0 Å². The van der Waals surface area contributed by atoms with Crippen molar-refractivity contribution in [1.82, 2.24) is 9.80 Å². The van der Waals surface area contributed by atoms with Gasteiger partial charge in [0, 0.05) is 51.7 Å². The lowest BCUT2D eigenvalue weighted by molar-refractivity contribution is -0.133. The Balaban J connectivity index is 1.47. The third kappa shape index (κ3) is 5.45. The lowest BCUT2D eigenvalue weighted by Crippen LogP contribution is -2.42. The average molecular weight is 390 g/mol. The summed E-state index contributed by atoms with van der Waals surface area (Å²) in [6.07, 6.45) is 3.26. The Bertz CT molecular complexity index is 655. The van der Waals surface area contributed by atoms with Crippen molar-refractivity contribution in [2.45, 2.75) is 44.3 Å². The lowest BCUT2D eigenvalue weighted by Gasteiger charge is -2.32. The van der Waals surface area contributed by atoms with E-state index in [0.29, 0.717) is 44.8 Å². The van der Waals surface area contributed by atoms with Gasteiger partial charge in [0.1, 0.15) is 11.9 Å². The minimum absolute atomic E-state index is 0.0480. The number of hydrogen-bond acceptors (Lipinski definition) is 5. The van der Waals surface area contributed by atoms with Crippen LogP contribution in [0.5, 0.6) is 5.75 Å². The molecule has 7 heteroatoms. The average Bonchev–Trinajstić information content (AvgIpc) is 2.72. The SMILES string of the molecule is COCCC(=O)N1CCC(Oc2ccc(C(=O)N3CCC[C@H](O)C3)cc2)CC1. The van der Waals surface area contributed by atoms with Crippen molar-refractivity contribution in [2.75, 3.05) is 39.9 Å². The monoisotopic (exact) mass is 390 g/mol. The summed E-state index contributed by atoms with van der Waals surface area (Å²) in [4.78, 5) is 28.2. The Kier molecular flexibility index (Phi) is 7.28. The van der Waals surface area contributed by atoms with Gasteiger partial charge in [0.15, 0.2) is 0 Å². The summed E-state index contributed by atoms with van der Waals surface area (Å²) in [5, 5.41) is 9.75. The highest BCUT2D eigenvalue weighted by molar-refractivity contribution is 5.94. The molecule has 2 aliphatic rings. The number of nitrogens with zero attached hydrogens (tertiary/aromatic N) is 2. The second-order valence-corrected chi connectivity index (χ2v) is 7.51. The summed E-state index contributed by atoms with van der Waals surface area (Å²) in [5.74, 6) is 0.818. The molecule has 0 saturated carbocycles. The van der Waals surface area contributed by atoms with Crippen molar-refractivity contribution in [3.63, 3.8) is 0 Å². The van der Waals surface area contributed by atoms with E-state index in [1.54, 1.807) is 24.1 Å². The number of amides is 2. The molecule has 0 unspecified atom stereocenters. The molecule has 3 rings (SSSR count). The number of carbonyl (C=O) groups excluding carboxylic acids is 2. The van der Waals surface area contributed by atoms with Crippen molar-refractivity contribution >= 4 is 11.8 Å². The summed E-state index contributed by atoms with van der Waals surface area (Å²) < 4.78 is 11.0. The van der Waals surface area contributed by atoms with Crippen LogP contribution >= 0.6 is 0 Å². The normalized spacial score (nSPS) is 20.9. The second-order valence-electron chi connectivity index (χ2n) is 7.51. The van der Waals surface area contributed by atoms with Crippen molar-refractivity contribution < 1.29 is 24.2 Å². The highest BCUT2D eigenvalue weighted by atomic mass is 16.5. The molecule has 0 aromatic heterocycles. The first-order chi connectivity index (χ1) is 13.6. The molecule has 0 radical (unpaired) electrons. The second kappa shape index (κ2) is 9.89. The van der Waals surface area contributed by atoms with Crippen LogP contribution in [-0.4, -0.2) is 78.8 Å². The Morgan fingerprint density at radius 3 is 2.43 bits per heavy atom. The van der Waals surface area contributed by atoms with Crippen LogP contribution in [0.25, 0.3) is 0 Å². The van der Waals surface area contributed by atoms with Gasteiger partial charge in [-0.05, 0) is 37.1 Å². The van der Waals surface area contributed by atoms with Crippen LogP contribution in [0.15, 0.2) is 24.3 Å². The van der Waals surface area contributed by atoms with Crippen LogP contribution < -0.4 is 4.74 Å². The lowest BCUT2D eigenvalue weighted by atomic mass is 10.1. The number of aliphatic hydroxyl groups is 1. The minimum Gasteiger partial charge on any atom is -0.490 e. The smallest absolute Gasteiger partial charge is 0.253 e. The largest absolute Gasteiger partial charge is 0.490 e. The Morgan fingerprint density at radius 1 is 1.07 bits per heavy atom. The van der Waals surface area contributed by atoms with Crippen molar-refractivity contribution in [2.24, 2.45) is 0 Å². The van der Waals surface area contributed by atoms with Gasteiger partial charge in [-0.25, -0.2) is 0 Å². The molecule has 7 nitrogen and oxygen atoms in total. The third-order valence-corrected chi connectivity index (χ3v) is 5.40. The van der Waals surface area contributed by atoms with E-state index in [-0.39, 0.29) is 17.9 Å². The molecule has 2 amide bonds. The molecule has 2 fully saturated rings. The van der Waals surface area contributed by atoms with Gasteiger partial charge in [0.25, 0.3) is 5.91 Å². The first kappa shape index (κ1) is 20.6. The molecular formula is C21H30N2O5. The number of piperidine rings is 2. The van der Waals surface area contributed by atoms with Crippen molar-refractivity contribution in [3.8, 4) is 5.75 Å². The fraction of sp³-hybridized carbons (Fsp3) is 0.619. The molecular weight excluding hydrogens is 360 g/mol. The first-order valence-corrected chi connectivity index (χ1v) is 10.1. The van der Waals surface area contributed by atoms with E-state index < -0.39 is 6.10 Å². The number of methoxy groups -OCH3 is 1. The summed E-state index contributed by atoms with van der Waals surface area (Å²) >= 11 is 0. The van der Waals surface area contributed by atoms with Gasteiger partial charge in [0.05, 0.1) is 19.1 Å². The molecule has 1 aromatic rings. The van der Waals surface area contributed by atoms with Crippen LogP contribution in [0.3, 0.4) is 0 Å². The molecule has 1 atom stereocenters. The van der Waals surface area contributed by atoms with E-state index in [9.17, 15) is 14.7 Å². The van der Waals surface area contributed by atoms with E-state index in [2.05, 4.69) is 0 Å². The third-order valence-electron chi connectivity index (χ3n) is 5.40. The van der Waals surface area contributed by atoms with E-state index in [1.165, 1.54) is 0 Å². The van der Waals surface area contributed by atoms with E-state index >= 15 is 0 Å². The molecule has 2 aliphatic heterocycles. The van der Waals surface area contributed by atoms with Crippen LogP contribution in [0.4, 0.5) is 0 Å². The summed E-state index contributed by atoms with van der Waals surface area (Å²) in [7, 11) is 1.60. The van der Waals surface area contributed by atoms with Gasteiger partial charge in [-0.15, -0.1) is 0 Å². The van der Waals surface area contributed by atoms with Gasteiger partial charge < -0.3 is 24.4 Å². The fourth-order valence-corrected chi connectivity index (χ4v) is 3.76. The molecule has 0 bridgehead atoms. The van der Waals surface area contributed by atoms with Crippen LogP contribution in [0.1, 0.15) is 42.5 Å². The van der Waals surface area contributed by atoms with Crippen molar-refractivity contribution in [3.05, 3.63) is 29.8 Å². The predicted molar refractivity (Wildman–Crippen MR) is 104 cm³/mol. The molecule has 0 spiro atoms. The van der Waals surface area contributed by atoms with Crippen LogP contribution in [-0.2, 0) is 9.53 Å². The number of ether oxygens (including phenoxy) is 2. The number of β-amino-alcohol motifs (C(OH)–C–C–N with tert-alkyl or cyclic N) is 1. The zero-order valence-electron chi connectivity index (χ0n) is 16.5. The highest BCUT2D eigenvalue weighted by Gasteiger charge is 2.25. The maximum atomic E-state index is 12.5. The standard InChI is InChI=1S/C21H30N2O5/c1-27-14-10-20(25)22-12-8-19(9-13-22)28-18-6-4-16(5-7-18)21(26)23-11-2-3-17(24)15-23/h4-7,17,19,24H,2-3,8-15H2,1H3/t17-/m0/s1. The van der Waals surface area contributed by atoms with Crippen LogP contribution in [0.2, 0.25) is 0 Å². The minimum atomic E-state index is -0.424. The first-order valence-electron chi connectivity index (χ1n) is 10.1. The summed E-state index contributed by atoms with van der Waals surface area (Å²) in [5.41, 5.74) is 0.611. The zero-order valence-corrected chi connectivity index (χ0v) is 16.5.